The first kappa shape index (κ1) is 9.11. The van der Waals surface area contributed by atoms with E-state index in [0.717, 1.165) is 5.92 Å². The highest BCUT2D eigenvalue weighted by Gasteiger charge is 2.17. The summed E-state index contributed by atoms with van der Waals surface area (Å²) in [6.45, 7) is 0. The predicted octanol–water partition coefficient (Wildman–Crippen LogP) is 2.96. The summed E-state index contributed by atoms with van der Waals surface area (Å²) in [4.78, 5) is 4.31. The molecule has 0 spiro atoms. The third kappa shape index (κ3) is 2.51. The molecule has 0 aromatic heterocycles. The van der Waals surface area contributed by atoms with E-state index in [1.807, 2.05) is 18.8 Å². The minimum absolute atomic E-state index is 0.795. The standard InChI is InChI=1S/C9H17NS/c1-10-9(11-2)8-6-4-3-5-7-8/h8H,3-7H2,1-2H3. The molecule has 1 aliphatic rings. The van der Waals surface area contributed by atoms with Gasteiger partial charge < -0.3 is 0 Å². The first-order valence-electron chi connectivity index (χ1n) is 4.39. The predicted molar refractivity (Wildman–Crippen MR) is 53.4 cm³/mol. The van der Waals surface area contributed by atoms with Crippen molar-refractivity contribution in [2.24, 2.45) is 10.9 Å². The van der Waals surface area contributed by atoms with Crippen molar-refractivity contribution in [2.45, 2.75) is 32.1 Å². The van der Waals surface area contributed by atoms with Crippen molar-refractivity contribution in [2.75, 3.05) is 13.3 Å². The molecule has 1 fully saturated rings. The summed E-state index contributed by atoms with van der Waals surface area (Å²) < 4.78 is 0. The van der Waals surface area contributed by atoms with Crippen molar-refractivity contribution in [3.8, 4) is 0 Å². The van der Waals surface area contributed by atoms with Crippen LogP contribution in [0.1, 0.15) is 32.1 Å². The van der Waals surface area contributed by atoms with Crippen molar-refractivity contribution in [3.63, 3.8) is 0 Å². The lowest BCUT2D eigenvalue weighted by Crippen LogP contribution is -2.14. The SMILES string of the molecule is CN=C(SC)C1CCCCC1. The lowest BCUT2D eigenvalue weighted by atomic mass is 9.90. The summed E-state index contributed by atoms with van der Waals surface area (Å²) in [5.41, 5.74) is 0. The summed E-state index contributed by atoms with van der Waals surface area (Å²) in [6, 6.07) is 0. The monoisotopic (exact) mass is 171 g/mol. The lowest BCUT2D eigenvalue weighted by molar-refractivity contribution is 0.443. The van der Waals surface area contributed by atoms with Gasteiger partial charge in [0.05, 0.1) is 5.04 Å². The Morgan fingerprint density at radius 3 is 2.36 bits per heavy atom. The molecule has 0 radical (unpaired) electrons. The van der Waals surface area contributed by atoms with Crippen molar-refractivity contribution >= 4 is 16.8 Å². The quantitative estimate of drug-likeness (QED) is 0.436. The number of nitrogens with zero attached hydrogens (tertiary/aromatic N) is 1. The maximum absolute atomic E-state index is 4.31. The smallest absolute Gasteiger partial charge is 0.0700 e. The van der Waals surface area contributed by atoms with Crippen LogP contribution in [0, 0.1) is 5.92 Å². The molecule has 11 heavy (non-hydrogen) atoms. The number of rotatable bonds is 1. The number of hydrogen-bond acceptors (Lipinski definition) is 2. The zero-order chi connectivity index (χ0) is 8.10. The van der Waals surface area contributed by atoms with E-state index in [1.54, 1.807) is 0 Å². The molecule has 1 nitrogen and oxygen atoms in total. The Morgan fingerprint density at radius 1 is 1.27 bits per heavy atom. The van der Waals surface area contributed by atoms with Crippen LogP contribution in [0.25, 0.3) is 0 Å². The maximum atomic E-state index is 4.31. The first-order chi connectivity index (χ1) is 5.38. The Morgan fingerprint density at radius 2 is 1.91 bits per heavy atom. The molecular weight excluding hydrogens is 154 g/mol. The van der Waals surface area contributed by atoms with Crippen LogP contribution in [0.3, 0.4) is 0 Å². The molecule has 1 aliphatic carbocycles. The molecule has 0 aromatic rings. The third-order valence-electron chi connectivity index (χ3n) is 2.38. The van der Waals surface area contributed by atoms with Crippen molar-refractivity contribution < 1.29 is 0 Å². The summed E-state index contributed by atoms with van der Waals surface area (Å²) in [5.74, 6) is 0.795. The van der Waals surface area contributed by atoms with Gasteiger partial charge in [0.1, 0.15) is 0 Å². The van der Waals surface area contributed by atoms with E-state index in [1.165, 1.54) is 37.1 Å². The minimum Gasteiger partial charge on any atom is -0.286 e. The Kier molecular flexibility index (Phi) is 3.98. The molecule has 0 bridgehead atoms. The molecule has 64 valence electrons. The zero-order valence-electron chi connectivity index (χ0n) is 7.47. The van der Waals surface area contributed by atoms with Gasteiger partial charge in [0, 0.05) is 13.0 Å². The molecule has 2 heteroatoms. The molecule has 0 aliphatic heterocycles. The van der Waals surface area contributed by atoms with Gasteiger partial charge in [-0.3, -0.25) is 4.99 Å². The second-order valence-electron chi connectivity index (χ2n) is 3.10. The van der Waals surface area contributed by atoms with Gasteiger partial charge in [-0.1, -0.05) is 19.3 Å². The number of thioether (sulfide) groups is 1. The fourth-order valence-electron chi connectivity index (χ4n) is 1.79. The van der Waals surface area contributed by atoms with E-state index in [9.17, 15) is 0 Å². The van der Waals surface area contributed by atoms with E-state index >= 15 is 0 Å². The topological polar surface area (TPSA) is 12.4 Å². The summed E-state index contributed by atoms with van der Waals surface area (Å²) in [6.07, 6.45) is 9.12. The fraction of sp³-hybridized carbons (Fsp3) is 0.889. The van der Waals surface area contributed by atoms with Gasteiger partial charge in [-0.25, -0.2) is 0 Å². The average Bonchev–Trinajstić information content (AvgIpc) is 2.09. The van der Waals surface area contributed by atoms with Crippen LogP contribution in [0.5, 0.6) is 0 Å². The van der Waals surface area contributed by atoms with Gasteiger partial charge in [0.15, 0.2) is 0 Å². The van der Waals surface area contributed by atoms with E-state index in [-0.39, 0.29) is 0 Å². The van der Waals surface area contributed by atoms with Crippen LogP contribution in [-0.2, 0) is 0 Å². The molecule has 1 saturated carbocycles. The second-order valence-corrected chi connectivity index (χ2v) is 3.93. The number of hydrogen-bond donors (Lipinski definition) is 0. The van der Waals surface area contributed by atoms with Crippen LogP contribution in [0.4, 0.5) is 0 Å². The van der Waals surface area contributed by atoms with Crippen molar-refractivity contribution in [3.05, 3.63) is 0 Å². The average molecular weight is 171 g/mol. The summed E-state index contributed by atoms with van der Waals surface area (Å²) >= 11 is 1.83. The Hall–Kier alpha value is 0.0200. The fourth-order valence-corrected chi connectivity index (χ4v) is 2.54. The lowest BCUT2D eigenvalue weighted by Gasteiger charge is -2.21. The number of aliphatic imine (C=N–C) groups is 1. The summed E-state index contributed by atoms with van der Waals surface area (Å²) in [5, 5.41) is 1.37. The van der Waals surface area contributed by atoms with E-state index in [0.29, 0.717) is 0 Å². The van der Waals surface area contributed by atoms with Crippen LogP contribution in [-0.4, -0.2) is 18.3 Å². The highest BCUT2D eigenvalue weighted by Crippen LogP contribution is 2.27. The van der Waals surface area contributed by atoms with Crippen LogP contribution in [0.15, 0.2) is 4.99 Å². The molecule has 0 N–H and O–H groups in total. The summed E-state index contributed by atoms with van der Waals surface area (Å²) in [7, 11) is 1.92. The first-order valence-corrected chi connectivity index (χ1v) is 5.61. The highest BCUT2D eigenvalue weighted by atomic mass is 32.2. The third-order valence-corrected chi connectivity index (χ3v) is 3.32. The van der Waals surface area contributed by atoms with Gasteiger partial charge in [-0.05, 0) is 19.1 Å². The molecule has 0 unspecified atom stereocenters. The molecule has 1 rings (SSSR count). The molecule has 0 aromatic carbocycles. The maximum Gasteiger partial charge on any atom is 0.0700 e. The van der Waals surface area contributed by atoms with Gasteiger partial charge in [0.25, 0.3) is 0 Å². The van der Waals surface area contributed by atoms with E-state index in [4.69, 9.17) is 0 Å². The van der Waals surface area contributed by atoms with E-state index in [2.05, 4.69) is 11.2 Å². The van der Waals surface area contributed by atoms with Crippen molar-refractivity contribution in [1.29, 1.82) is 0 Å². The minimum atomic E-state index is 0.795. The molecule has 0 heterocycles. The zero-order valence-corrected chi connectivity index (χ0v) is 8.28. The highest BCUT2D eigenvalue weighted by molar-refractivity contribution is 8.13. The van der Waals surface area contributed by atoms with Crippen LogP contribution >= 0.6 is 11.8 Å². The Balaban J connectivity index is 2.43. The Bertz CT molecular complexity index is 136. The van der Waals surface area contributed by atoms with Gasteiger partial charge in [0.2, 0.25) is 0 Å². The molecule has 0 saturated heterocycles. The Labute approximate surface area is 73.7 Å². The normalized spacial score (nSPS) is 22.2. The van der Waals surface area contributed by atoms with Crippen LogP contribution in [0.2, 0.25) is 0 Å². The second kappa shape index (κ2) is 4.81. The van der Waals surface area contributed by atoms with Gasteiger partial charge >= 0.3 is 0 Å². The molecule has 0 atom stereocenters. The molecule has 0 amide bonds. The van der Waals surface area contributed by atoms with Crippen LogP contribution < -0.4 is 0 Å². The largest absolute Gasteiger partial charge is 0.286 e. The van der Waals surface area contributed by atoms with Gasteiger partial charge in [-0.2, -0.15) is 0 Å². The van der Waals surface area contributed by atoms with E-state index < -0.39 is 0 Å². The van der Waals surface area contributed by atoms with Gasteiger partial charge in [-0.15, -0.1) is 11.8 Å². The molecular formula is C9H17NS. The van der Waals surface area contributed by atoms with Crippen molar-refractivity contribution in [1.82, 2.24) is 0 Å².